The van der Waals surface area contributed by atoms with Gasteiger partial charge in [-0.05, 0) is 105 Å². The number of anilines is 4. The molecule has 5 fully saturated rings. The third-order valence-electron chi connectivity index (χ3n) is 16.7. The number of piperidine rings is 1. The molecule has 3 aromatic carbocycles. The Kier molecular flexibility index (Phi) is 12.1. The molecule has 1 amide bonds. The zero-order valence-electron chi connectivity index (χ0n) is 41.2. The molecule has 0 bridgehead atoms. The van der Waals surface area contributed by atoms with Gasteiger partial charge in [-0.15, -0.1) is 0 Å². The van der Waals surface area contributed by atoms with E-state index in [1.807, 2.05) is 35.4 Å². The number of likely N-dealkylation sites (tertiary alicyclic amines) is 1. The maximum absolute atomic E-state index is 14.8. The SMILES string of the molecule is CC(C)c1ccccc1[C@@H]1CCCN1C1CC2(CCN(c3ccc(C(=O)NS(=O)(=O)c4cc5c(c([N+](=O)[O-])c4)N[C@H](CN4CCN(C)CC4)CO5)c(N4c5cc6cc[nH]c6nc5O[C@@H]5COC[C@H]54)c3)CC2)C1. The van der Waals surface area contributed by atoms with E-state index in [9.17, 15) is 23.3 Å². The van der Waals surface area contributed by atoms with Crippen LogP contribution in [0, 0.1) is 15.5 Å². The molecular formula is C53H64N10O8S. The number of nitro groups is 1. The van der Waals surface area contributed by atoms with Crippen LogP contribution in [0.3, 0.4) is 0 Å². The molecule has 0 radical (unpaired) electrons. The number of hydrogen-bond acceptors (Lipinski definition) is 15. The van der Waals surface area contributed by atoms with Crippen molar-refractivity contribution < 1.29 is 32.3 Å². The fourth-order valence-corrected chi connectivity index (χ4v) is 13.8. The molecule has 2 aromatic heterocycles. The fourth-order valence-electron chi connectivity index (χ4n) is 12.8. The van der Waals surface area contributed by atoms with Crippen molar-refractivity contribution in [1.82, 2.24) is 29.4 Å². The molecule has 1 saturated carbocycles. The predicted octanol–water partition coefficient (Wildman–Crippen LogP) is 7.02. The third kappa shape index (κ3) is 8.59. The maximum Gasteiger partial charge on any atom is 0.297 e. The van der Waals surface area contributed by atoms with E-state index in [0.717, 1.165) is 75.8 Å². The van der Waals surface area contributed by atoms with Crippen LogP contribution in [0.4, 0.5) is 28.4 Å². The molecule has 6 aliphatic heterocycles. The first-order chi connectivity index (χ1) is 34.8. The van der Waals surface area contributed by atoms with E-state index in [0.29, 0.717) is 60.7 Å². The van der Waals surface area contributed by atoms with Gasteiger partial charge in [-0.3, -0.25) is 24.7 Å². The molecular weight excluding hydrogens is 937 g/mol. The van der Waals surface area contributed by atoms with E-state index in [1.165, 1.54) is 42.9 Å². The fraction of sp³-hybridized carbons (Fsp3) is 0.509. The second kappa shape index (κ2) is 18.5. The highest BCUT2D eigenvalue weighted by Gasteiger charge is 2.50. The number of nitrogens with one attached hydrogen (secondary N) is 3. The number of ether oxygens (including phenoxy) is 3. The highest BCUT2D eigenvalue weighted by molar-refractivity contribution is 7.90. The maximum atomic E-state index is 14.8. The third-order valence-corrected chi connectivity index (χ3v) is 18.0. The van der Waals surface area contributed by atoms with Crippen molar-refractivity contribution in [2.24, 2.45) is 5.41 Å². The first-order valence-electron chi connectivity index (χ1n) is 25.7. The van der Waals surface area contributed by atoms with Crippen molar-refractivity contribution in [3.8, 4) is 11.6 Å². The Labute approximate surface area is 420 Å². The first kappa shape index (κ1) is 47.0. The van der Waals surface area contributed by atoms with E-state index >= 15 is 0 Å². The predicted molar refractivity (Wildman–Crippen MR) is 274 cm³/mol. The lowest BCUT2D eigenvalue weighted by Gasteiger charge is -2.56. The topological polar surface area (TPSA) is 191 Å². The molecule has 3 N–H and O–H groups in total. The van der Waals surface area contributed by atoms with Gasteiger partial charge in [0.2, 0.25) is 5.88 Å². The van der Waals surface area contributed by atoms with Crippen LogP contribution in [-0.4, -0.2) is 147 Å². The highest BCUT2D eigenvalue weighted by Crippen LogP contribution is 2.55. The van der Waals surface area contributed by atoms with Gasteiger partial charge in [0.15, 0.2) is 11.4 Å². The van der Waals surface area contributed by atoms with Crippen LogP contribution in [0.15, 0.2) is 77.8 Å². The molecule has 18 nitrogen and oxygen atoms in total. The van der Waals surface area contributed by atoms with Gasteiger partial charge in [0.25, 0.3) is 21.6 Å². The summed E-state index contributed by atoms with van der Waals surface area (Å²) in [5.41, 5.74) is 5.66. The number of nitro benzene ring substituents is 1. The number of H-pyrrole nitrogens is 1. The van der Waals surface area contributed by atoms with Gasteiger partial charge in [0, 0.05) is 87.3 Å². The number of hydrogen-bond donors (Lipinski definition) is 3. The Hall–Kier alpha value is -5.99. The molecule has 0 unspecified atom stereocenters. The van der Waals surface area contributed by atoms with Crippen LogP contribution in [0.2, 0.25) is 0 Å². The average Bonchev–Trinajstić information content (AvgIpc) is 4.16. The summed E-state index contributed by atoms with van der Waals surface area (Å²) in [5.74, 6) is -0.00205. The van der Waals surface area contributed by atoms with Gasteiger partial charge < -0.3 is 39.2 Å². The zero-order chi connectivity index (χ0) is 49.5. The number of pyridine rings is 1. The summed E-state index contributed by atoms with van der Waals surface area (Å²) in [6.45, 7) is 12.4. The summed E-state index contributed by atoms with van der Waals surface area (Å²) in [6.07, 6.45) is 8.33. The van der Waals surface area contributed by atoms with Gasteiger partial charge in [-0.25, -0.2) is 13.1 Å². The van der Waals surface area contributed by atoms with E-state index in [2.05, 4.69) is 79.8 Å². The Morgan fingerprint density at radius 1 is 0.958 bits per heavy atom. The molecule has 1 aliphatic carbocycles. The summed E-state index contributed by atoms with van der Waals surface area (Å²) in [4.78, 5) is 46.0. The molecule has 4 saturated heterocycles. The van der Waals surface area contributed by atoms with E-state index in [4.69, 9.17) is 19.2 Å². The summed E-state index contributed by atoms with van der Waals surface area (Å²) in [6, 6.07) is 21.2. The van der Waals surface area contributed by atoms with Crippen molar-refractivity contribution in [3.05, 3.63) is 99.7 Å². The first-order valence-corrected chi connectivity index (χ1v) is 27.2. The minimum atomic E-state index is -4.68. The van der Waals surface area contributed by atoms with Crippen LogP contribution in [-0.2, 0) is 14.8 Å². The quantitative estimate of drug-likeness (QED) is 0.0904. The number of nitrogens with zero attached hydrogens (tertiary/aromatic N) is 7. The molecule has 72 heavy (non-hydrogen) atoms. The number of aromatic nitrogens is 2. The van der Waals surface area contributed by atoms with Crippen LogP contribution < -0.4 is 29.3 Å². The molecule has 380 valence electrons. The van der Waals surface area contributed by atoms with Crippen LogP contribution in [0.1, 0.15) is 85.8 Å². The Balaban J connectivity index is 0.818. The molecule has 8 heterocycles. The number of aromatic amines is 1. The average molecular weight is 1000 g/mol. The normalized spacial score (nSPS) is 24.6. The summed E-state index contributed by atoms with van der Waals surface area (Å²) in [5, 5.41) is 16.6. The van der Waals surface area contributed by atoms with E-state index in [1.54, 1.807) is 6.07 Å². The molecule has 19 heteroatoms. The van der Waals surface area contributed by atoms with Crippen molar-refractivity contribution >= 4 is 55.4 Å². The Morgan fingerprint density at radius 3 is 2.56 bits per heavy atom. The smallest absolute Gasteiger partial charge is 0.297 e. The van der Waals surface area contributed by atoms with Crippen LogP contribution >= 0.6 is 0 Å². The van der Waals surface area contributed by atoms with Gasteiger partial charge in [0.1, 0.15) is 24.0 Å². The number of likely N-dealkylation sites (N-methyl/N-ethyl adjacent to an activating group) is 1. The molecule has 1 spiro atoms. The number of rotatable bonds is 11. The Morgan fingerprint density at radius 2 is 1.76 bits per heavy atom. The van der Waals surface area contributed by atoms with Gasteiger partial charge in [0.05, 0.1) is 46.4 Å². The van der Waals surface area contributed by atoms with Crippen LogP contribution in [0.5, 0.6) is 11.6 Å². The second-order valence-electron chi connectivity index (χ2n) is 21.6. The standard InChI is InChI=1S/C53H64N10O8S/c1-33(2)39-7-4-5-8-40(39)42-9-6-16-61(42)37-27-53(28-37)13-17-60(18-14-53)36-10-11-41(43(24-36)62-45-23-34-12-15-54-50(34)56-52(45)71-48-32-69-31-46(48)62)51(64)57-72(67,68)38-25-44(63(65)66)49-47(26-38)70-30-35(55-49)29-59-21-19-58(3)20-22-59/h4-5,7-8,10-12,15,23-26,33,35,37,42,46,48,55H,6,9,13-14,16-22,27-32H2,1-3H3,(H,54,56)(H,57,64)/t35-,42+,46-,48-/m1/s1. The second-order valence-corrected chi connectivity index (χ2v) is 23.2. The molecule has 7 aliphatic rings. The van der Waals surface area contributed by atoms with Gasteiger partial charge in [-0.2, -0.15) is 4.98 Å². The number of carbonyl (C=O) groups is 1. The Bertz CT molecular complexity index is 3020. The number of carbonyl (C=O) groups excluding carboxylic acids is 1. The van der Waals surface area contributed by atoms with Gasteiger partial charge in [-0.1, -0.05) is 38.1 Å². The van der Waals surface area contributed by atoms with Crippen molar-refractivity contribution in [3.63, 3.8) is 0 Å². The lowest BCUT2D eigenvalue weighted by atomic mass is 9.59. The van der Waals surface area contributed by atoms with Crippen molar-refractivity contribution in [2.45, 2.75) is 93.5 Å². The summed E-state index contributed by atoms with van der Waals surface area (Å²) in [7, 11) is -2.61. The van der Waals surface area contributed by atoms with Crippen molar-refractivity contribution in [1.29, 1.82) is 0 Å². The number of fused-ring (bicyclic) bond motifs is 4. The zero-order valence-corrected chi connectivity index (χ0v) is 42.0. The minimum Gasteiger partial charge on any atom is -0.489 e. The lowest BCUT2D eigenvalue weighted by Crippen LogP contribution is -2.55. The minimum absolute atomic E-state index is 0.0332. The molecule has 4 atom stereocenters. The van der Waals surface area contributed by atoms with Gasteiger partial charge >= 0.3 is 0 Å². The monoisotopic (exact) mass is 1000 g/mol. The number of amides is 1. The number of benzene rings is 3. The van der Waals surface area contributed by atoms with E-state index < -0.39 is 37.5 Å². The number of sulfonamides is 1. The van der Waals surface area contributed by atoms with E-state index in [-0.39, 0.29) is 41.1 Å². The highest BCUT2D eigenvalue weighted by atomic mass is 32.2. The summed E-state index contributed by atoms with van der Waals surface area (Å²) < 4.78 is 49.5. The number of piperazine rings is 1. The lowest BCUT2D eigenvalue weighted by molar-refractivity contribution is -0.384. The largest absolute Gasteiger partial charge is 0.489 e. The summed E-state index contributed by atoms with van der Waals surface area (Å²) >= 11 is 0. The molecule has 5 aromatic rings. The van der Waals surface area contributed by atoms with Crippen molar-refractivity contribution in [2.75, 3.05) is 94.3 Å². The van der Waals surface area contributed by atoms with Crippen LogP contribution in [0.25, 0.3) is 11.0 Å². The molecule has 12 rings (SSSR count).